The highest BCUT2D eigenvalue weighted by Gasteiger charge is 2.44. The van der Waals surface area contributed by atoms with Crippen LogP contribution in [0.5, 0.6) is 0 Å². The number of Topliss-reactive ketones (excluding diaryl/α,β-unsaturated/α-hetero) is 1. The zero-order chi connectivity index (χ0) is 24.8. The van der Waals surface area contributed by atoms with Gasteiger partial charge in [-0.05, 0) is 30.6 Å². The summed E-state index contributed by atoms with van der Waals surface area (Å²) in [7, 11) is -4.30. The highest BCUT2D eigenvalue weighted by atomic mass is 127. The third-order valence-corrected chi connectivity index (χ3v) is 7.04. The zero-order valence-corrected chi connectivity index (χ0v) is 23.4. The van der Waals surface area contributed by atoms with Gasteiger partial charge in [0.05, 0.1) is 25.2 Å². The van der Waals surface area contributed by atoms with Crippen LogP contribution in [0.25, 0.3) is 0 Å². The van der Waals surface area contributed by atoms with Crippen molar-refractivity contribution in [2.45, 2.75) is 60.6 Å². The van der Waals surface area contributed by atoms with E-state index in [0.29, 0.717) is 0 Å². The molecule has 0 unspecified atom stereocenters. The molecule has 0 amide bonds. The fourth-order valence-electron chi connectivity index (χ4n) is 1.26. The van der Waals surface area contributed by atoms with E-state index < -0.39 is 25.0 Å². The second-order valence-corrected chi connectivity index (χ2v) is 13.0. The van der Waals surface area contributed by atoms with Crippen molar-refractivity contribution in [1.82, 2.24) is 0 Å². The van der Waals surface area contributed by atoms with Crippen LogP contribution >= 0.6 is 22.6 Å². The minimum atomic E-state index is -3.46. The van der Waals surface area contributed by atoms with Crippen LogP contribution < -0.4 is 0 Å². The molecule has 31 heavy (non-hydrogen) atoms. The summed E-state index contributed by atoms with van der Waals surface area (Å²) in [6, 6.07) is 9.23. The molecule has 0 heterocycles. The van der Waals surface area contributed by atoms with Crippen LogP contribution in [0.4, 0.5) is 0 Å². The molecule has 0 atom stereocenters. The van der Waals surface area contributed by atoms with Crippen LogP contribution in [-0.2, 0) is 28.6 Å². The Morgan fingerprint density at radius 3 is 1.39 bits per heavy atom. The lowest BCUT2D eigenvalue weighted by atomic mass is 9.83. The molecule has 0 saturated heterocycles. The molecule has 0 aliphatic carbocycles. The number of rotatable bonds is 4. The van der Waals surface area contributed by atoms with Crippen molar-refractivity contribution in [3.63, 3.8) is 0 Å². The van der Waals surface area contributed by atoms with Crippen LogP contribution in [0.1, 0.15) is 66.3 Å². The van der Waals surface area contributed by atoms with Gasteiger partial charge in [-0.15, -0.1) is 0 Å². The van der Waals surface area contributed by atoms with E-state index in [1.165, 1.54) is 11.5 Å². The predicted molar refractivity (Wildman–Crippen MR) is 139 cm³/mol. The average Bonchev–Trinajstić information content (AvgIpc) is 2.62. The maximum atomic E-state index is 11.4. The van der Waals surface area contributed by atoms with E-state index in [4.69, 9.17) is 0 Å². The maximum Gasteiger partial charge on any atom is 0.272 e. The topological polar surface area (TPSA) is 104 Å². The normalized spacial score (nSPS) is 11.2. The fourth-order valence-corrected chi connectivity index (χ4v) is 2.42. The van der Waals surface area contributed by atoms with Crippen LogP contribution in [-0.4, -0.2) is 52.3 Å². The minimum Gasteiger partial charge on any atom is -0.295 e. The molecule has 0 radical (unpaired) electrons. The number of benzene rings is 1. The molecule has 0 fully saturated rings. The molecule has 1 rings (SSSR count). The predicted octanol–water partition coefficient (Wildman–Crippen LogP) is 5.35. The van der Waals surface area contributed by atoms with Crippen LogP contribution in [0, 0.1) is 5.41 Å². The third kappa shape index (κ3) is 17.6. The van der Waals surface area contributed by atoms with E-state index in [2.05, 4.69) is 37.9 Å². The summed E-state index contributed by atoms with van der Waals surface area (Å²) >= 11 is 2.29. The first-order valence-electron chi connectivity index (χ1n) is 9.02. The number of carbonyl (C=O) groups excluding carboxylic acids is 1. The maximum absolute atomic E-state index is 11.4. The Morgan fingerprint density at radius 1 is 0.935 bits per heavy atom. The molecule has 0 aliphatic rings. The molecule has 0 aromatic heterocycles. The number of halogens is 1. The Labute approximate surface area is 204 Å². The first-order chi connectivity index (χ1) is 13.3. The van der Waals surface area contributed by atoms with Crippen molar-refractivity contribution in [2.24, 2.45) is 5.41 Å². The smallest absolute Gasteiger partial charge is 0.272 e. The van der Waals surface area contributed by atoms with E-state index in [9.17, 15) is 21.6 Å². The summed E-state index contributed by atoms with van der Waals surface area (Å²) in [6.07, 6.45) is 0.993. The molecule has 1 aromatic carbocycles. The van der Waals surface area contributed by atoms with Gasteiger partial charge < -0.3 is 0 Å². The van der Waals surface area contributed by atoms with Crippen molar-refractivity contribution in [3.8, 4) is 0 Å². The Bertz CT molecular complexity index is 796. The molecule has 186 valence electrons. The third-order valence-electron chi connectivity index (χ3n) is 4.13. The molecule has 7 nitrogen and oxygen atoms in total. The molecule has 0 bridgehead atoms. The van der Waals surface area contributed by atoms with Gasteiger partial charge in [-0.1, -0.05) is 88.0 Å². The first-order valence-corrected chi connectivity index (χ1v) is 13.8. The van der Waals surface area contributed by atoms with Gasteiger partial charge >= 0.3 is 0 Å². The van der Waals surface area contributed by atoms with E-state index in [-0.39, 0.29) is 18.6 Å². The van der Waals surface area contributed by atoms with Crippen molar-refractivity contribution in [2.75, 3.05) is 24.9 Å². The van der Waals surface area contributed by atoms with E-state index >= 15 is 0 Å². The van der Waals surface area contributed by atoms with Crippen LogP contribution in [0.2, 0.25) is 0 Å². The molecule has 0 saturated carbocycles. The average molecular weight is 597 g/mol. The Hall–Kier alpha value is -0.560. The fraction of sp³-hybridized carbons (Fsp3) is 0.667. The van der Waals surface area contributed by atoms with Gasteiger partial charge in [-0.3, -0.25) is 13.2 Å². The Morgan fingerprint density at radius 2 is 1.26 bits per heavy atom. The van der Waals surface area contributed by atoms with Crippen molar-refractivity contribution in [1.29, 1.82) is 0 Å². The minimum absolute atomic E-state index is 0. The van der Waals surface area contributed by atoms with E-state index in [1.54, 1.807) is 20.8 Å². The van der Waals surface area contributed by atoms with Gasteiger partial charge in [0.15, 0.2) is 5.78 Å². The van der Waals surface area contributed by atoms with E-state index in [1.807, 2.05) is 51.1 Å². The highest BCUT2D eigenvalue weighted by molar-refractivity contribution is 14.1. The molecular weight excluding hydrogens is 555 g/mol. The monoisotopic (exact) mass is 596 g/mol. The first kappa shape index (κ1) is 37.7. The summed E-state index contributed by atoms with van der Waals surface area (Å²) in [6.45, 7) is 12.7. The number of hydrogen-bond acceptors (Lipinski definition) is 7. The zero-order valence-electron chi connectivity index (χ0n) is 19.6. The molecule has 0 aliphatic heterocycles. The lowest BCUT2D eigenvalue weighted by molar-refractivity contribution is 0.101. The van der Waals surface area contributed by atoms with Crippen molar-refractivity contribution < 1.29 is 30.0 Å². The van der Waals surface area contributed by atoms with Gasteiger partial charge in [-0.2, -0.15) is 16.8 Å². The number of hydrogen-bond donors (Lipinski definition) is 0. The van der Waals surface area contributed by atoms with Gasteiger partial charge in [0.1, 0.15) is 0 Å². The van der Waals surface area contributed by atoms with Gasteiger partial charge in [0, 0.05) is 5.56 Å². The second kappa shape index (κ2) is 17.0. The van der Waals surface area contributed by atoms with Crippen LogP contribution in [0.15, 0.2) is 30.3 Å². The SMILES string of the molecule is C.CC(=O)c1ccccc1.CCI.COS(=O)(=O)C(C)(C)C(C)(C)C.COS(C)(=O)=O. The molecule has 0 spiro atoms. The molecular formula is C21H41IO7S2. The Kier molecular flexibility index (Phi) is 20.7. The Balaban J connectivity index is -0.000000170. The highest BCUT2D eigenvalue weighted by Crippen LogP contribution is 2.37. The van der Waals surface area contributed by atoms with Gasteiger partial charge in [0.25, 0.3) is 20.2 Å². The summed E-state index contributed by atoms with van der Waals surface area (Å²) in [5.41, 5.74) is 0.444. The number of alkyl halides is 1. The second-order valence-electron chi connectivity index (χ2n) is 7.44. The molecule has 10 heteroatoms. The summed E-state index contributed by atoms with van der Waals surface area (Å²) in [5, 5.41) is 0. The number of ketones is 1. The lowest BCUT2D eigenvalue weighted by Crippen LogP contribution is -2.44. The largest absolute Gasteiger partial charge is 0.295 e. The summed E-state index contributed by atoms with van der Waals surface area (Å²) in [4.78, 5) is 10.6. The van der Waals surface area contributed by atoms with E-state index in [0.717, 1.165) is 18.9 Å². The summed E-state index contributed by atoms with van der Waals surface area (Å²) < 4.78 is 51.2. The van der Waals surface area contributed by atoms with Crippen molar-refractivity contribution >= 4 is 48.6 Å². The van der Waals surface area contributed by atoms with Gasteiger partial charge in [0.2, 0.25) is 0 Å². The number of carbonyl (C=O) groups is 1. The van der Waals surface area contributed by atoms with Gasteiger partial charge in [-0.25, -0.2) is 0 Å². The summed E-state index contributed by atoms with van der Waals surface area (Å²) in [5.74, 6) is 0.121. The van der Waals surface area contributed by atoms with Crippen LogP contribution in [0.3, 0.4) is 0 Å². The molecule has 0 N–H and O–H groups in total. The quantitative estimate of drug-likeness (QED) is 0.200. The van der Waals surface area contributed by atoms with Crippen molar-refractivity contribution in [3.05, 3.63) is 35.9 Å². The lowest BCUT2D eigenvalue weighted by Gasteiger charge is -2.36. The molecule has 1 aromatic rings. The standard InChI is InChI=1S/C8H18O3S.C8H8O.C2H5I.C2H6O3S.CH4/c1-7(2,3)8(4,5)12(9,10)11-6;1-7(9)8-5-3-2-4-6-8;1-2-3;1-5-6(2,3)4;/h1-6H3;2-6H,1H3;2H2,1H3;1-2H3;1H4.